The van der Waals surface area contributed by atoms with Gasteiger partial charge in [-0.15, -0.1) is 0 Å². The van der Waals surface area contributed by atoms with Gasteiger partial charge < -0.3 is 10.4 Å². The Morgan fingerprint density at radius 3 is 2.55 bits per heavy atom. The van der Waals surface area contributed by atoms with Gasteiger partial charge in [-0.2, -0.15) is 0 Å². The molecule has 0 aliphatic heterocycles. The molecule has 0 bridgehead atoms. The van der Waals surface area contributed by atoms with Crippen LogP contribution >= 0.6 is 23.2 Å². The normalized spacial score (nSPS) is 13.0. The first-order valence-corrected chi connectivity index (χ1v) is 7.25. The third-order valence-electron chi connectivity index (χ3n) is 3.31. The molecule has 118 valence electrons. The highest BCUT2D eigenvalue weighted by atomic mass is 35.5. The molecular formula is C14H15Cl2N3O3. The lowest BCUT2D eigenvalue weighted by molar-refractivity contribution is -0.135. The van der Waals surface area contributed by atoms with Crippen LogP contribution in [0.5, 0.6) is 0 Å². The van der Waals surface area contributed by atoms with Crippen molar-refractivity contribution >= 4 is 29.1 Å². The third-order valence-corrected chi connectivity index (χ3v) is 3.74. The number of nitrogens with one attached hydrogen (secondary N) is 1. The van der Waals surface area contributed by atoms with E-state index in [-0.39, 0.29) is 12.5 Å². The monoisotopic (exact) mass is 343 g/mol. The predicted molar refractivity (Wildman–Crippen MR) is 81.3 cm³/mol. The SMILES string of the molecule is CC(C)(C(=O)NCc1cnon1)C(O)c1cc(Cl)cc(Cl)c1. The van der Waals surface area contributed by atoms with Gasteiger partial charge in [-0.1, -0.05) is 33.5 Å². The molecular weight excluding hydrogens is 329 g/mol. The number of aromatic nitrogens is 2. The molecule has 2 N–H and O–H groups in total. The van der Waals surface area contributed by atoms with Gasteiger partial charge >= 0.3 is 0 Å². The van der Waals surface area contributed by atoms with E-state index >= 15 is 0 Å². The fourth-order valence-corrected chi connectivity index (χ4v) is 2.48. The first kappa shape index (κ1) is 16.7. The summed E-state index contributed by atoms with van der Waals surface area (Å²) in [7, 11) is 0. The Bertz CT molecular complexity index is 639. The molecule has 1 unspecified atom stereocenters. The largest absolute Gasteiger partial charge is 0.387 e. The summed E-state index contributed by atoms with van der Waals surface area (Å²) in [6, 6.07) is 4.72. The molecule has 0 radical (unpaired) electrons. The highest BCUT2D eigenvalue weighted by Gasteiger charge is 2.37. The number of carbonyl (C=O) groups excluding carboxylic acids is 1. The minimum absolute atomic E-state index is 0.161. The Labute approximate surface area is 137 Å². The topological polar surface area (TPSA) is 88.3 Å². The summed E-state index contributed by atoms with van der Waals surface area (Å²) >= 11 is 11.9. The van der Waals surface area contributed by atoms with Gasteiger partial charge in [0.05, 0.1) is 24.3 Å². The van der Waals surface area contributed by atoms with Crippen molar-refractivity contribution in [1.29, 1.82) is 0 Å². The fourth-order valence-electron chi connectivity index (χ4n) is 1.93. The Balaban J connectivity index is 2.11. The van der Waals surface area contributed by atoms with Crippen LogP contribution in [0.25, 0.3) is 0 Å². The number of aliphatic hydroxyl groups excluding tert-OH is 1. The highest BCUT2D eigenvalue weighted by Crippen LogP contribution is 2.35. The van der Waals surface area contributed by atoms with Crippen molar-refractivity contribution in [2.24, 2.45) is 5.41 Å². The molecule has 1 aromatic carbocycles. The maximum Gasteiger partial charge on any atom is 0.228 e. The third kappa shape index (κ3) is 3.76. The number of amides is 1. The molecule has 0 aliphatic carbocycles. The number of carbonyl (C=O) groups is 1. The van der Waals surface area contributed by atoms with Crippen LogP contribution in [0.4, 0.5) is 0 Å². The van der Waals surface area contributed by atoms with E-state index in [0.29, 0.717) is 21.3 Å². The lowest BCUT2D eigenvalue weighted by Gasteiger charge is -2.29. The summed E-state index contributed by atoms with van der Waals surface area (Å²) in [5, 5.41) is 21.0. The van der Waals surface area contributed by atoms with E-state index in [2.05, 4.69) is 20.3 Å². The van der Waals surface area contributed by atoms with E-state index in [4.69, 9.17) is 23.2 Å². The van der Waals surface area contributed by atoms with Crippen LogP contribution in [-0.2, 0) is 11.3 Å². The van der Waals surface area contributed by atoms with Gasteiger partial charge in [-0.25, -0.2) is 4.63 Å². The highest BCUT2D eigenvalue weighted by molar-refractivity contribution is 6.34. The van der Waals surface area contributed by atoms with Crippen molar-refractivity contribution in [2.75, 3.05) is 0 Å². The Kier molecular flexibility index (Phi) is 5.05. The van der Waals surface area contributed by atoms with Crippen LogP contribution in [0.3, 0.4) is 0 Å². The van der Waals surface area contributed by atoms with Crippen LogP contribution in [0.15, 0.2) is 29.0 Å². The van der Waals surface area contributed by atoms with E-state index in [0.717, 1.165) is 0 Å². The summed E-state index contributed by atoms with van der Waals surface area (Å²) in [6.45, 7) is 3.42. The summed E-state index contributed by atoms with van der Waals surface area (Å²) in [4.78, 5) is 12.3. The zero-order valence-corrected chi connectivity index (χ0v) is 13.5. The van der Waals surface area contributed by atoms with Crippen molar-refractivity contribution in [2.45, 2.75) is 26.5 Å². The number of benzene rings is 1. The minimum Gasteiger partial charge on any atom is -0.387 e. The van der Waals surface area contributed by atoms with Gasteiger partial charge in [0.25, 0.3) is 0 Å². The quantitative estimate of drug-likeness (QED) is 0.871. The lowest BCUT2D eigenvalue weighted by Crippen LogP contribution is -2.40. The van der Waals surface area contributed by atoms with E-state index in [1.54, 1.807) is 32.0 Å². The molecule has 6 nitrogen and oxygen atoms in total. The molecule has 22 heavy (non-hydrogen) atoms. The summed E-state index contributed by atoms with van der Waals surface area (Å²) < 4.78 is 4.45. The summed E-state index contributed by atoms with van der Waals surface area (Å²) in [5.41, 5.74) is -0.129. The van der Waals surface area contributed by atoms with E-state index in [9.17, 15) is 9.90 Å². The smallest absolute Gasteiger partial charge is 0.228 e. The first-order chi connectivity index (χ1) is 10.3. The number of hydrogen-bond acceptors (Lipinski definition) is 5. The Morgan fingerprint density at radius 2 is 2.00 bits per heavy atom. The zero-order valence-electron chi connectivity index (χ0n) is 12.0. The molecule has 1 atom stereocenters. The molecule has 0 spiro atoms. The van der Waals surface area contributed by atoms with Crippen molar-refractivity contribution in [3.8, 4) is 0 Å². The van der Waals surface area contributed by atoms with Gasteiger partial charge in [0.2, 0.25) is 5.91 Å². The van der Waals surface area contributed by atoms with Gasteiger partial charge in [0, 0.05) is 10.0 Å². The van der Waals surface area contributed by atoms with Crippen molar-refractivity contribution in [1.82, 2.24) is 15.6 Å². The molecule has 0 saturated carbocycles. The van der Waals surface area contributed by atoms with Gasteiger partial charge in [-0.3, -0.25) is 4.79 Å². The van der Waals surface area contributed by atoms with E-state index in [1.165, 1.54) is 6.20 Å². The maximum atomic E-state index is 12.3. The van der Waals surface area contributed by atoms with Gasteiger partial charge in [-0.05, 0) is 37.6 Å². The second kappa shape index (κ2) is 6.64. The average molecular weight is 344 g/mol. The molecule has 2 aromatic rings. The second-order valence-electron chi connectivity index (χ2n) is 5.41. The van der Waals surface area contributed by atoms with Crippen LogP contribution < -0.4 is 5.32 Å². The van der Waals surface area contributed by atoms with Crippen LogP contribution in [0.2, 0.25) is 10.0 Å². The number of aliphatic hydroxyl groups is 1. The average Bonchev–Trinajstić information content (AvgIpc) is 2.95. The van der Waals surface area contributed by atoms with E-state index < -0.39 is 11.5 Å². The van der Waals surface area contributed by atoms with Crippen molar-refractivity contribution < 1.29 is 14.5 Å². The number of hydrogen-bond donors (Lipinski definition) is 2. The molecule has 8 heteroatoms. The molecule has 0 aliphatic rings. The van der Waals surface area contributed by atoms with Gasteiger partial charge in [0.15, 0.2) is 0 Å². The van der Waals surface area contributed by atoms with Crippen LogP contribution in [0.1, 0.15) is 31.2 Å². The standard InChI is InChI=1S/C14H15Cl2N3O3/c1-14(2,13(21)17-6-11-7-18-22-19-11)12(20)8-3-9(15)5-10(16)4-8/h3-5,7,12,20H,6H2,1-2H3,(H,17,21). The molecule has 0 fully saturated rings. The van der Waals surface area contributed by atoms with Crippen molar-refractivity contribution in [3.05, 3.63) is 45.7 Å². The number of halogens is 2. The molecule has 2 rings (SSSR count). The van der Waals surface area contributed by atoms with E-state index in [1.807, 2.05) is 0 Å². The molecule has 1 amide bonds. The van der Waals surface area contributed by atoms with Gasteiger partial charge in [0.1, 0.15) is 5.69 Å². The lowest BCUT2D eigenvalue weighted by atomic mass is 9.81. The predicted octanol–water partition coefficient (Wildman–Crippen LogP) is 2.75. The fraction of sp³-hybridized carbons (Fsp3) is 0.357. The van der Waals surface area contributed by atoms with Crippen LogP contribution in [0, 0.1) is 5.41 Å². The summed E-state index contributed by atoms with van der Waals surface area (Å²) in [5.74, 6) is -0.348. The molecule has 1 heterocycles. The molecule has 1 aromatic heterocycles. The minimum atomic E-state index is -1.09. The van der Waals surface area contributed by atoms with Crippen LogP contribution in [-0.4, -0.2) is 21.3 Å². The zero-order chi connectivity index (χ0) is 16.3. The number of nitrogens with zero attached hydrogens (tertiary/aromatic N) is 2. The Morgan fingerprint density at radius 1 is 1.36 bits per heavy atom. The van der Waals surface area contributed by atoms with Crippen molar-refractivity contribution in [3.63, 3.8) is 0 Å². The molecule has 0 saturated heterocycles. The Hall–Kier alpha value is -1.63. The number of rotatable bonds is 5. The first-order valence-electron chi connectivity index (χ1n) is 6.49. The summed E-state index contributed by atoms with van der Waals surface area (Å²) in [6.07, 6.45) is 0.333. The second-order valence-corrected chi connectivity index (χ2v) is 6.28. The maximum absolute atomic E-state index is 12.3.